The van der Waals surface area contributed by atoms with Crippen molar-refractivity contribution in [2.75, 3.05) is 5.32 Å². The van der Waals surface area contributed by atoms with Gasteiger partial charge in [-0.05, 0) is 43.3 Å². The van der Waals surface area contributed by atoms with E-state index in [-0.39, 0.29) is 22.9 Å². The number of carbonyl (C=O) groups is 3. The molecule has 146 valence electrons. The number of hydrogen-bond acceptors (Lipinski definition) is 6. The second-order valence-electron chi connectivity index (χ2n) is 5.71. The Morgan fingerprint density at radius 2 is 1.61 bits per heavy atom. The Hall–Kier alpha value is -3.95. The summed E-state index contributed by atoms with van der Waals surface area (Å²) in [5.41, 5.74) is 5.21. The molecule has 0 spiro atoms. The Balaban J connectivity index is 1.85. The lowest BCUT2D eigenvalue weighted by Crippen LogP contribution is -2.47. The van der Waals surface area contributed by atoms with Crippen molar-refractivity contribution in [2.45, 2.75) is 20.0 Å². The number of carbonyl (C=O) groups excluding carboxylic acids is 3. The van der Waals surface area contributed by atoms with E-state index in [2.05, 4.69) is 16.2 Å². The van der Waals surface area contributed by atoms with Crippen LogP contribution in [0.3, 0.4) is 0 Å². The number of nitrogens with zero attached hydrogens (tertiary/aromatic N) is 1. The minimum Gasteiger partial charge on any atom is -0.481 e. The lowest BCUT2D eigenvalue weighted by atomic mass is 10.2. The molecule has 0 aliphatic heterocycles. The lowest BCUT2D eigenvalue weighted by molar-refractivity contribution is -0.384. The molecular weight excluding hydrogens is 368 g/mol. The van der Waals surface area contributed by atoms with Crippen LogP contribution in [0, 0.1) is 10.1 Å². The summed E-state index contributed by atoms with van der Waals surface area (Å²) in [4.78, 5) is 45.1. The van der Waals surface area contributed by atoms with Crippen molar-refractivity contribution in [3.05, 3.63) is 64.2 Å². The van der Waals surface area contributed by atoms with Crippen LogP contribution < -0.4 is 20.9 Å². The monoisotopic (exact) mass is 386 g/mol. The normalized spacial score (nSPS) is 11.1. The molecule has 0 heterocycles. The summed E-state index contributed by atoms with van der Waals surface area (Å²) in [5.74, 6) is -1.12. The molecule has 1 unspecified atom stereocenters. The average molecular weight is 386 g/mol. The fourth-order valence-corrected chi connectivity index (χ4v) is 2.10. The molecule has 2 aromatic carbocycles. The van der Waals surface area contributed by atoms with Gasteiger partial charge in [-0.3, -0.25) is 35.3 Å². The molecule has 3 N–H and O–H groups in total. The van der Waals surface area contributed by atoms with Crippen LogP contribution in [0.25, 0.3) is 0 Å². The van der Waals surface area contributed by atoms with Gasteiger partial charge in [0.1, 0.15) is 5.75 Å². The van der Waals surface area contributed by atoms with Gasteiger partial charge in [0.15, 0.2) is 6.10 Å². The summed E-state index contributed by atoms with van der Waals surface area (Å²) in [6.07, 6.45) is -0.955. The zero-order valence-corrected chi connectivity index (χ0v) is 15.1. The highest BCUT2D eigenvalue weighted by molar-refractivity contribution is 5.96. The third-order valence-corrected chi connectivity index (χ3v) is 3.50. The number of anilines is 1. The first-order valence-electron chi connectivity index (χ1n) is 8.15. The Morgan fingerprint density at radius 1 is 1.00 bits per heavy atom. The molecule has 2 rings (SSSR count). The van der Waals surface area contributed by atoms with Gasteiger partial charge in [0.05, 0.1) is 4.92 Å². The summed E-state index contributed by atoms with van der Waals surface area (Å²) in [6.45, 7) is 2.83. The number of hydrogen-bond donors (Lipinski definition) is 3. The molecule has 0 saturated carbocycles. The van der Waals surface area contributed by atoms with Crippen molar-refractivity contribution in [3.8, 4) is 5.75 Å². The predicted octanol–water partition coefficient (Wildman–Crippen LogP) is 1.78. The van der Waals surface area contributed by atoms with Gasteiger partial charge in [-0.2, -0.15) is 0 Å². The Morgan fingerprint density at radius 3 is 2.14 bits per heavy atom. The van der Waals surface area contributed by atoms with E-state index >= 15 is 0 Å². The van der Waals surface area contributed by atoms with Crippen LogP contribution in [-0.4, -0.2) is 28.7 Å². The Kier molecular flexibility index (Phi) is 6.63. The number of benzene rings is 2. The first-order valence-corrected chi connectivity index (χ1v) is 8.15. The van der Waals surface area contributed by atoms with Gasteiger partial charge >= 0.3 is 0 Å². The number of rotatable bonds is 6. The van der Waals surface area contributed by atoms with Crippen LogP contribution in [0.2, 0.25) is 0 Å². The van der Waals surface area contributed by atoms with E-state index in [9.17, 15) is 24.5 Å². The third kappa shape index (κ3) is 5.80. The van der Waals surface area contributed by atoms with Gasteiger partial charge in [0.25, 0.3) is 17.5 Å². The van der Waals surface area contributed by atoms with Crippen LogP contribution in [0.15, 0.2) is 48.5 Å². The number of nitrogens with one attached hydrogen (secondary N) is 3. The fraction of sp³-hybridized carbons (Fsp3) is 0.167. The zero-order valence-electron chi connectivity index (χ0n) is 15.1. The maximum Gasteiger partial charge on any atom is 0.279 e. The van der Waals surface area contributed by atoms with Crippen LogP contribution in [0.5, 0.6) is 5.75 Å². The number of nitro benzene ring substituents is 1. The number of hydrazine groups is 1. The second-order valence-corrected chi connectivity index (χ2v) is 5.71. The van der Waals surface area contributed by atoms with E-state index in [4.69, 9.17) is 4.74 Å². The Labute approximate surface area is 160 Å². The molecule has 0 bridgehead atoms. The van der Waals surface area contributed by atoms with Gasteiger partial charge in [0, 0.05) is 30.3 Å². The van der Waals surface area contributed by atoms with E-state index in [1.807, 2.05) is 0 Å². The van der Waals surface area contributed by atoms with Crippen LogP contribution in [-0.2, 0) is 9.59 Å². The van der Waals surface area contributed by atoms with Crippen molar-refractivity contribution in [1.29, 1.82) is 0 Å². The fourth-order valence-electron chi connectivity index (χ4n) is 2.10. The van der Waals surface area contributed by atoms with E-state index in [1.54, 1.807) is 12.1 Å². The predicted molar refractivity (Wildman–Crippen MR) is 99.5 cm³/mol. The van der Waals surface area contributed by atoms with E-state index in [0.717, 1.165) is 0 Å². The van der Waals surface area contributed by atoms with Gasteiger partial charge in [0.2, 0.25) is 5.91 Å². The molecule has 28 heavy (non-hydrogen) atoms. The first kappa shape index (κ1) is 20.4. The quantitative estimate of drug-likeness (QED) is 0.511. The molecule has 2 aromatic rings. The second kappa shape index (κ2) is 9.12. The van der Waals surface area contributed by atoms with Crippen molar-refractivity contribution >= 4 is 29.1 Å². The van der Waals surface area contributed by atoms with Crippen molar-refractivity contribution in [2.24, 2.45) is 0 Å². The molecule has 10 nitrogen and oxygen atoms in total. The highest BCUT2D eigenvalue weighted by Crippen LogP contribution is 2.18. The molecule has 0 aliphatic carbocycles. The molecular formula is C18H18N4O6. The molecule has 0 fully saturated rings. The van der Waals surface area contributed by atoms with Crippen molar-refractivity contribution < 1.29 is 24.0 Å². The minimum absolute atomic E-state index is 0.0961. The van der Waals surface area contributed by atoms with Crippen LogP contribution in [0.4, 0.5) is 11.4 Å². The van der Waals surface area contributed by atoms with E-state index < -0.39 is 22.8 Å². The zero-order chi connectivity index (χ0) is 20.7. The molecule has 0 aromatic heterocycles. The SMILES string of the molecule is CC(=O)Nc1ccc(C(=O)NNC(=O)C(C)Oc2ccc([N+](=O)[O-])cc2)cc1. The highest BCUT2D eigenvalue weighted by Gasteiger charge is 2.16. The first-order chi connectivity index (χ1) is 13.3. The summed E-state index contributed by atoms with van der Waals surface area (Å²) in [7, 11) is 0. The molecule has 0 aliphatic rings. The molecule has 3 amide bonds. The maximum atomic E-state index is 12.0. The molecule has 0 saturated heterocycles. The summed E-state index contributed by atoms with van der Waals surface area (Å²) >= 11 is 0. The standard InChI is InChI=1S/C18H18N4O6/c1-11(28-16-9-7-15(8-10-16)22(26)27)17(24)20-21-18(25)13-3-5-14(6-4-13)19-12(2)23/h3-11H,1-2H3,(H,19,23)(H,20,24)(H,21,25). The third-order valence-electron chi connectivity index (χ3n) is 3.50. The Bertz CT molecular complexity index is 880. The van der Waals surface area contributed by atoms with E-state index in [0.29, 0.717) is 5.69 Å². The van der Waals surface area contributed by atoms with Gasteiger partial charge in [-0.25, -0.2) is 0 Å². The number of nitro groups is 1. The number of ether oxygens (including phenoxy) is 1. The van der Waals surface area contributed by atoms with Gasteiger partial charge < -0.3 is 10.1 Å². The van der Waals surface area contributed by atoms with E-state index in [1.165, 1.54) is 50.2 Å². The molecule has 1 atom stereocenters. The van der Waals surface area contributed by atoms with Gasteiger partial charge in [-0.1, -0.05) is 0 Å². The average Bonchev–Trinajstić information content (AvgIpc) is 2.66. The topological polar surface area (TPSA) is 140 Å². The molecule has 10 heteroatoms. The smallest absolute Gasteiger partial charge is 0.279 e. The maximum absolute atomic E-state index is 12.0. The number of amides is 3. The van der Waals surface area contributed by atoms with Crippen molar-refractivity contribution in [3.63, 3.8) is 0 Å². The highest BCUT2D eigenvalue weighted by atomic mass is 16.6. The van der Waals surface area contributed by atoms with Crippen LogP contribution in [0.1, 0.15) is 24.2 Å². The lowest BCUT2D eigenvalue weighted by Gasteiger charge is -2.15. The minimum atomic E-state index is -0.955. The summed E-state index contributed by atoms with van der Waals surface area (Å²) in [5, 5.41) is 13.2. The summed E-state index contributed by atoms with van der Waals surface area (Å²) < 4.78 is 5.38. The largest absolute Gasteiger partial charge is 0.481 e. The van der Waals surface area contributed by atoms with Crippen molar-refractivity contribution in [1.82, 2.24) is 10.9 Å². The van der Waals surface area contributed by atoms with Crippen LogP contribution >= 0.6 is 0 Å². The summed E-state index contributed by atoms with van der Waals surface area (Å²) in [6, 6.07) is 11.3. The number of non-ortho nitro benzene ring substituents is 1. The van der Waals surface area contributed by atoms with Gasteiger partial charge in [-0.15, -0.1) is 0 Å². The molecule has 0 radical (unpaired) electrons.